The smallest absolute Gasteiger partial charge is 0.338 e. The molecule has 2 aromatic carbocycles. The maximum absolute atomic E-state index is 13.5. The lowest BCUT2D eigenvalue weighted by Gasteiger charge is -2.36. The summed E-state index contributed by atoms with van der Waals surface area (Å²) in [5.74, 6) is 0.476. The van der Waals surface area contributed by atoms with Crippen molar-refractivity contribution in [3.8, 4) is 11.5 Å². The van der Waals surface area contributed by atoms with Crippen LogP contribution in [0.25, 0.3) is 0 Å². The number of nitrogens with one attached hydrogen (secondary N) is 1. The van der Waals surface area contributed by atoms with Gasteiger partial charge in [0.1, 0.15) is 13.2 Å². The number of rotatable bonds is 13. The summed E-state index contributed by atoms with van der Waals surface area (Å²) in [5, 5.41) is 5.59. The van der Waals surface area contributed by atoms with Crippen LogP contribution in [-0.4, -0.2) is 68.6 Å². The van der Waals surface area contributed by atoms with Gasteiger partial charge in [-0.3, -0.25) is 4.79 Å². The number of allylic oxidation sites excluding steroid dienone is 1. The average Bonchev–Trinajstić information content (AvgIpc) is 3.69. The van der Waals surface area contributed by atoms with E-state index >= 15 is 0 Å². The third kappa shape index (κ3) is 7.41. The second kappa shape index (κ2) is 14.6. The van der Waals surface area contributed by atoms with E-state index in [4.69, 9.17) is 28.7 Å². The van der Waals surface area contributed by atoms with Crippen LogP contribution in [0.1, 0.15) is 43.4 Å². The monoisotopic (exact) mass is 607 g/mol. The van der Waals surface area contributed by atoms with E-state index < -0.39 is 12.0 Å². The first-order valence-corrected chi connectivity index (χ1v) is 15.2. The van der Waals surface area contributed by atoms with E-state index in [-0.39, 0.29) is 31.6 Å². The summed E-state index contributed by atoms with van der Waals surface area (Å²) in [7, 11) is 3.13. The number of amidine groups is 1. The van der Waals surface area contributed by atoms with Crippen LogP contribution in [0.3, 0.4) is 0 Å². The van der Waals surface area contributed by atoms with Gasteiger partial charge < -0.3 is 33.9 Å². The Morgan fingerprint density at radius 3 is 2.70 bits per heavy atom. The second-order valence-corrected chi connectivity index (χ2v) is 11.2. The summed E-state index contributed by atoms with van der Waals surface area (Å²) in [6.07, 6.45) is 2.11. The summed E-state index contributed by atoms with van der Waals surface area (Å²) in [5.41, 5.74) is 3.46. The van der Waals surface area contributed by atoms with Crippen LogP contribution in [0.15, 0.2) is 75.9 Å². The molecule has 2 unspecified atom stereocenters. The number of benzene rings is 2. The molecule has 1 fully saturated rings. The normalized spacial score (nSPS) is 19.5. The number of carbonyl (C=O) groups excluding carboxylic acids is 2. The van der Waals surface area contributed by atoms with Crippen molar-refractivity contribution < 1.29 is 33.3 Å². The summed E-state index contributed by atoms with van der Waals surface area (Å²) >= 11 is 1.42. The van der Waals surface area contributed by atoms with E-state index in [9.17, 15) is 9.59 Å². The Morgan fingerprint density at radius 1 is 1.12 bits per heavy atom. The number of ether oxygens (including phenoxy) is 5. The highest BCUT2D eigenvalue weighted by Gasteiger charge is 2.41. The van der Waals surface area contributed by atoms with E-state index in [2.05, 4.69) is 5.32 Å². The van der Waals surface area contributed by atoms with Crippen LogP contribution in [0, 0.1) is 0 Å². The SMILES string of the molecule is COCCOC(=O)C1=C(C)N=C2SC=C(CC(=O)NCC3CCCO3)N2C1c1ccc(OCc2ccccc2)c(OC)c1. The Bertz CT molecular complexity index is 1400. The highest BCUT2D eigenvalue weighted by atomic mass is 32.2. The molecule has 3 heterocycles. The molecule has 2 aromatic rings. The third-order valence-corrected chi connectivity index (χ3v) is 8.26. The van der Waals surface area contributed by atoms with Gasteiger partial charge >= 0.3 is 5.97 Å². The van der Waals surface area contributed by atoms with Crippen molar-refractivity contribution in [3.63, 3.8) is 0 Å². The number of nitrogens with zero attached hydrogens (tertiary/aromatic N) is 2. The Hall–Kier alpha value is -3.80. The Kier molecular flexibility index (Phi) is 10.4. The van der Waals surface area contributed by atoms with Crippen molar-refractivity contribution in [3.05, 3.63) is 82.0 Å². The van der Waals surface area contributed by atoms with Crippen LogP contribution >= 0.6 is 11.8 Å². The van der Waals surface area contributed by atoms with Crippen LogP contribution in [0.5, 0.6) is 11.5 Å². The van der Waals surface area contributed by atoms with Gasteiger partial charge in [-0.25, -0.2) is 9.79 Å². The van der Waals surface area contributed by atoms with Crippen molar-refractivity contribution in [2.24, 2.45) is 4.99 Å². The molecule has 228 valence electrons. The minimum absolute atomic E-state index is 0.0462. The van der Waals surface area contributed by atoms with E-state index in [0.29, 0.717) is 41.1 Å². The molecule has 0 aliphatic carbocycles. The first-order valence-electron chi connectivity index (χ1n) is 14.3. The number of esters is 1. The molecule has 0 bridgehead atoms. The zero-order valence-electron chi connectivity index (χ0n) is 24.7. The third-order valence-electron chi connectivity index (χ3n) is 7.37. The number of fused-ring (bicyclic) bond motifs is 1. The second-order valence-electron chi connectivity index (χ2n) is 10.3. The Morgan fingerprint density at radius 2 is 1.95 bits per heavy atom. The summed E-state index contributed by atoms with van der Waals surface area (Å²) in [6.45, 7) is 3.75. The van der Waals surface area contributed by atoms with Crippen molar-refractivity contribution in [2.45, 2.75) is 44.9 Å². The van der Waals surface area contributed by atoms with Gasteiger partial charge in [0.25, 0.3) is 0 Å². The van der Waals surface area contributed by atoms with E-state index in [1.165, 1.54) is 11.8 Å². The van der Waals surface area contributed by atoms with Crippen molar-refractivity contribution in [2.75, 3.05) is 40.6 Å². The minimum atomic E-state index is -0.605. The van der Waals surface area contributed by atoms with Gasteiger partial charge in [-0.1, -0.05) is 48.2 Å². The molecule has 0 aromatic heterocycles. The number of amides is 1. The Balaban J connectivity index is 1.42. The van der Waals surface area contributed by atoms with Crippen LogP contribution < -0.4 is 14.8 Å². The van der Waals surface area contributed by atoms with E-state index in [1.54, 1.807) is 21.1 Å². The van der Waals surface area contributed by atoms with Crippen LogP contribution in [0.4, 0.5) is 0 Å². The van der Waals surface area contributed by atoms with Crippen LogP contribution in [0.2, 0.25) is 0 Å². The molecular formula is C32H37N3O7S. The molecule has 1 N–H and O–H groups in total. The first kappa shape index (κ1) is 30.7. The predicted molar refractivity (Wildman–Crippen MR) is 164 cm³/mol. The first-order chi connectivity index (χ1) is 21.0. The van der Waals surface area contributed by atoms with E-state index in [1.807, 2.05) is 58.8 Å². The van der Waals surface area contributed by atoms with Gasteiger partial charge in [-0.05, 0) is 48.4 Å². The fourth-order valence-corrected chi connectivity index (χ4v) is 6.17. The lowest BCUT2D eigenvalue weighted by molar-refractivity contribution is -0.141. The van der Waals surface area contributed by atoms with Crippen molar-refractivity contribution in [1.82, 2.24) is 10.2 Å². The van der Waals surface area contributed by atoms with Crippen molar-refractivity contribution in [1.29, 1.82) is 0 Å². The number of methoxy groups -OCH3 is 2. The highest BCUT2D eigenvalue weighted by Crippen LogP contribution is 2.46. The lowest BCUT2D eigenvalue weighted by Crippen LogP contribution is -2.39. The minimum Gasteiger partial charge on any atom is -0.493 e. The summed E-state index contributed by atoms with van der Waals surface area (Å²) in [4.78, 5) is 33.2. The maximum atomic E-state index is 13.5. The number of aliphatic imine (C=N–C) groups is 1. The van der Waals surface area contributed by atoms with Gasteiger partial charge in [-0.2, -0.15) is 0 Å². The molecule has 5 rings (SSSR count). The topological polar surface area (TPSA) is 108 Å². The molecule has 0 radical (unpaired) electrons. The maximum Gasteiger partial charge on any atom is 0.338 e. The van der Waals surface area contributed by atoms with Gasteiger partial charge in [0, 0.05) is 26.0 Å². The molecular weight excluding hydrogens is 570 g/mol. The Labute approximate surface area is 256 Å². The molecule has 3 aliphatic heterocycles. The zero-order chi connectivity index (χ0) is 30.2. The van der Waals surface area contributed by atoms with Gasteiger partial charge in [0.2, 0.25) is 5.91 Å². The zero-order valence-corrected chi connectivity index (χ0v) is 25.5. The van der Waals surface area contributed by atoms with Gasteiger partial charge in [-0.15, -0.1) is 0 Å². The fraction of sp³-hybridized carbons (Fsp3) is 0.406. The molecule has 10 nitrogen and oxygen atoms in total. The molecule has 1 saturated heterocycles. The quantitative estimate of drug-likeness (QED) is 0.256. The molecule has 2 atom stereocenters. The molecule has 43 heavy (non-hydrogen) atoms. The number of thioether (sulfide) groups is 1. The van der Waals surface area contributed by atoms with Crippen LogP contribution in [-0.2, 0) is 30.4 Å². The lowest BCUT2D eigenvalue weighted by atomic mass is 9.93. The predicted octanol–water partition coefficient (Wildman–Crippen LogP) is 4.72. The number of hydrogen-bond donors (Lipinski definition) is 1. The highest BCUT2D eigenvalue weighted by molar-refractivity contribution is 8.16. The summed E-state index contributed by atoms with van der Waals surface area (Å²) in [6, 6.07) is 14.9. The average molecular weight is 608 g/mol. The molecule has 11 heteroatoms. The molecule has 3 aliphatic rings. The van der Waals surface area contributed by atoms with E-state index in [0.717, 1.165) is 36.3 Å². The number of hydrogen-bond acceptors (Lipinski definition) is 10. The molecule has 1 amide bonds. The molecule has 0 saturated carbocycles. The van der Waals surface area contributed by atoms with Crippen molar-refractivity contribution >= 4 is 28.8 Å². The standard InChI is InChI=1S/C32H37N3O7S/c1-21-29(31(37)41-15-14-38-2)30(23-11-12-26(27(16-23)39-3)42-19-22-8-5-4-6-9-22)35-24(20-43-32(35)34-21)17-28(36)33-18-25-10-7-13-40-25/h4-6,8-9,11-12,16,20,25,30H,7,10,13-15,17-19H2,1-3H3,(H,33,36). The van der Waals surface area contributed by atoms with Gasteiger partial charge in [0.15, 0.2) is 16.7 Å². The fourth-order valence-electron chi connectivity index (χ4n) is 5.21. The molecule has 0 spiro atoms. The van der Waals surface area contributed by atoms with Gasteiger partial charge in [0.05, 0.1) is 43.6 Å². The number of carbonyl (C=O) groups is 2. The summed E-state index contributed by atoms with van der Waals surface area (Å²) < 4.78 is 28.1. The largest absolute Gasteiger partial charge is 0.493 e.